The first-order chi connectivity index (χ1) is 20.8. The molecule has 6 rings (SSSR count). The van der Waals surface area contributed by atoms with Crippen molar-refractivity contribution < 1.29 is 14.0 Å². The fourth-order valence-corrected chi connectivity index (χ4v) is 7.69. The van der Waals surface area contributed by atoms with E-state index in [9.17, 15) is 14.0 Å². The number of likely N-dealkylation sites (tertiary alicyclic amines) is 2. The molecule has 0 unspecified atom stereocenters. The zero-order valence-corrected chi connectivity index (χ0v) is 25.6. The van der Waals surface area contributed by atoms with Gasteiger partial charge >= 0.3 is 0 Å². The molecule has 5 nitrogen and oxygen atoms in total. The number of likely N-dealkylation sites (N-methyl/N-ethyl adjacent to an activating group) is 1. The van der Waals surface area contributed by atoms with Gasteiger partial charge in [0.25, 0.3) is 0 Å². The van der Waals surface area contributed by atoms with E-state index in [-0.39, 0.29) is 29.6 Å². The maximum absolute atomic E-state index is 14.3. The van der Waals surface area contributed by atoms with Crippen LogP contribution in [0.1, 0.15) is 68.2 Å². The second-order valence-corrected chi connectivity index (χ2v) is 13.0. The number of nitrogens with zero attached hydrogens (tertiary/aromatic N) is 3. The molecule has 6 heteroatoms. The van der Waals surface area contributed by atoms with Gasteiger partial charge in [-0.15, -0.1) is 0 Å². The summed E-state index contributed by atoms with van der Waals surface area (Å²) in [6.45, 7) is 6.20. The van der Waals surface area contributed by atoms with Crippen molar-refractivity contribution in [2.45, 2.75) is 62.3 Å². The minimum absolute atomic E-state index is 0.0745. The Balaban J connectivity index is 1.20. The lowest BCUT2D eigenvalue weighted by atomic mass is 9.71. The van der Waals surface area contributed by atoms with E-state index >= 15 is 0 Å². The molecule has 0 N–H and O–H groups in total. The van der Waals surface area contributed by atoms with Crippen molar-refractivity contribution >= 4 is 11.8 Å². The van der Waals surface area contributed by atoms with Gasteiger partial charge in [-0.05, 0) is 93.3 Å². The zero-order chi connectivity index (χ0) is 30.0. The summed E-state index contributed by atoms with van der Waals surface area (Å²) in [7, 11) is 1.89. The minimum atomic E-state index is -0.664. The van der Waals surface area contributed by atoms with Gasteiger partial charge in [0, 0.05) is 26.7 Å². The van der Waals surface area contributed by atoms with Crippen molar-refractivity contribution in [3.63, 3.8) is 0 Å². The summed E-state index contributed by atoms with van der Waals surface area (Å²) in [4.78, 5) is 34.8. The van der Waals surface area contributed by atoms with E-state index in [2.05, 4.69) is 41.0 Å². The van der Waals surface area contributed by atoms with Gasteiger partial charge < -0.3 is 14.7 Å². The molecule has 3 fully saturated rings. The lowest BCUT2D eigenvalue weighted by molar-refractivity contribution is -0.140. The van der Waals surface area contributed by atoms with Crippen LogP contribution in [0.15, 0.2) is 84.9 Å². The lowest BCUT2D eigenvalue weighted by Gasteiger charge is -2.44. The second kappa shape index (κ2) is 12.2. The summed E-state index contributed by atoms with van der Waals surface area (Å²) >= 11 is 0. The topological polar surface area (TPSA) is 43.9 Å². The van der Waals surface area contributed by atoms with Gasteiger partial charge in [0.1, 0.15) is 5.82 Å². The van der Waals surface area contributed by atoms with Crippen LogP contribution >= 0.6 is 0 Å². The second-order valence-electron chi connectivity index (χ2n) is 13.0. The standard InChI is InChI=1S/C37H44FN3O2/c1-28(29-12-6-3-7-13-29)39(2)35(43)37(31-16-18-33(38)19-17-31)26-32(37)27-40-24-20-36(21-25-40,30-14-8-4-9-15-30)34(42)41-22-10-5-11-23-41/h3-4,6-9,12-19,28,32H,5,10-11,20-27H2,1-2H3/t28-,32-,37+/m0/s1. The maximum atomic E-state index is 14.3. The Labute approximate surface area is 255 Å². The molecule has 0 spiro atoms. The number of benzene rings is 3. The molecular weight excluding hydrogens is 537 g/mol. The van der Waals surface area contributed by atoms with Crippen molar-refractivity contribution in [3.8, 4) is 0 Å². The number of hydrogen-bond acceptors (Lipinski definition) is 3. The van der Waals surface area contributed by atoms with E-state index in [1.165, 1.54) is 18.6 Å². The highest BCUT2D eigenvalue weighted by atomic mass is 19.1. The van der Waals surface area contributed by atoms with Crippen LogP contribution in [0.25, 0.3) is 0 Å². The first-order valence-electron chi connectivity index (χ1n) is 16.0. The summed E-state index contributed by atoms with van der Waals surface area (Å²) in [5.74, 6) is 0.229. The van der Waals surface area contributed by atoms with Gasteiger partial charge in [0.15, 0.2) is 0 Å². The maximum Gasteiger partial charge on any atom is 0.233 e. The number of carbonyl (C=O) groups excluding carboxylic acids is 2. The number of hydrogen-bond donors (Lipinski definition) is 0. The Kier molecular flexibility index (Phi) is 8.41. The van der Waals surface area contributed by atoms with Crippen LogP contribution in [-0.2, 0) is 20.4 Å². The SMILES string of the molecule is C[C@@H](c1ccccc1)N(C)C(=O)[C@@]1(c2ccc(F)cc2)C[C@H]1CN1CCC(C(=O)N2CCCCC2)(c2ccccc2)CC1. The van der Waals surface area contributed by atoms with E-state index in [1.807, 2.05) is 48.3 Å². The number of halogens is 1. The summed E-state index contributed by atoms with van der Waals surface area (Å²) in [5.41, 5.74) is 1.96. The van der Waals surface area contributed by atoms with Crippen molar-refractivity contribution in [1.29, 1.82) is 0 Å². The zero-order valence-electron chi connectivity index (χ0n) is 25.6. The molecule has 2 saturated heterocycles. The van der Waals surface area contributed by atoms with Crippen LogP contribution in [-0.4, -0.2) is 66.3 Å². The van der Waals surface area contributed by atoms with Gasteiger partial charge in [-0.2, -0.15) is 0 Å². The van der Waals surface area contributed by atoms with Crippen LogP contribution in [0.3, 0.4) is 0 Å². The van der Waals surface area contributed by atoms with Crippen LogP contribution in [0.4, 0.5) is 4.39 Å². The van der Waals surface area contributed by atoms with Gasteiger partial charge in [-0.3, -0.25) is 9.59 Å². The van der Waals surface area contributed by atoms with E-state index in [0.717, 1.165) is 81.5 Å². The highest BCUT2D eigenvalue weighted by Gasteiger charge is 2.62. The molecule has 43 heavy (non-hydrogen) atoms. The normalized spacial score (nSPS) is 24.3. The molecule has 2 amide bonds. The quantitative estimate of drug-likeness (QED) is 0.312. The largest absolute Gasteiger partial charge is 0.342 e. The Morgan fingerprint density at radius 2 is 1.44 bits per heavy atom. The minimum Gasteiger partial charge on any atom is -0.342 e. The van der Waals surface area contributed by atoms with Gasteiger partial charge in [-0.25, -0.2) is 4.39 Å². The molecule has 3 aromatic rings. The first kappa shape index (κ1) is 29.6. The van der Waals surface area contributed by atoms with E-state index in [0.29, 0.717) is 0 Å². The molecule has 3 atom stereocenters. The third-order valence-corrected chi connectivity index (χ3v) is 10.6. The Hall–Kier alpha value is -3.51. The van der Waals surface area contributed by atoms with Crippen LogP contribution in [0.2, 0.25) is 0 Å². The Morgan fingerprint density at radius 3 is 2.07 bits per heavy atom. The van der Waals surface area contributed by atoms with Gasteiger partial charge in [-0.1, -0.05) is 72.8 Å². The molecular formula is C37H44FN3O2. The average Bonchev–Trinajstić information content (AvgIpc) is 3.79. The van der Waals surface area contributed by atoms with Crippen molar-refractivity contribution in [1.82, 2.24) is 14.7 Å². The summed E-state index contributed by atoms with van der Waals surface area (Å²) in [6.07, 6.45) is 5.67. The third-order valence-electron chi connectivity index (χ3n) is 10.6. The molecule has 0 radical (unpaired) electrons. The lowest BCUT2D eigenvalue weighted by Crippen LogP contribution is -2.54. The van der Waals surface area contributed by atoms with Crippen molar-refractivity contribution in [2.24, 2.45) is 5.92 Å². The molecule has 3 aliphatic rings. The first-order valence-corrected chi connectivity index (χ1v) is 16.0. The highest BCUT2D eigenvalue weighted by molar-refractivity contribution is 5.92. The summed E-state index contributed by atoms with van der Waals surface area (Å²) in [6, 6.07) is 26.9. The number of carbonyl (C=O) groups is 2. The van der Waals surface area contributed by atoms with Crippen LogP contribution in [0.5, 0.6) is 0 Å². The third kappa shape index (κ3) is 5.62. The van der Waals surface area contributed by atoms with Gasteiger partial charge in [0.2, 0.25) is 11.8 Å². The molecule has 0 bridgehead atoms. The molecule has 3 aromatic carbocycles. The number of piperidine rings is 2. The highest BCUT2D eigenvalue weighted by Crippen LogP contribution is 2.56. The van der Waals surface area contributed by atoms with Crippen LogP contribution < -0.4 is 0 Å². The number of amides is 2. The molecule has 2 heterocycles. The predicted molar refractivity (Wildman–Crippen MR) is 168 cm³/mol. The monoisotopic (exact) mass is 581 g/mol. The fraction of sp³-hybridized carbons (Fsp3) is 0.459. The fourth-order valence-electron chi connectivity index (χ4n) is 7.69. The Morgan fingerprint density at radius 1 is 0.837 bits per heavy atom. The van der Waals surface area contributed by atoms with Crippen molar-refractivity contribution in [3.05, 3.63) is 107 Å². The smallest absolute Gasteiger partial charge is 0.233 e. The Bertz CT molecular complexity index is 1400. The molecule has 0 aromatic heterocycles. The van der Waals surface area contributed by atoms with Crippen LogP contribution in [0, 0.1) is 11.7 Å². The van der Waals surface area contributed by atoms with Crippen molar-refractivity contribution in [2.75, 3.05) is 39.8 Å². The van der Waals surface area contributed by atoms with Gasteiger partial charge in [0.05, 0.1) is 16.9 Å². The van der Waals surface area contributed by atoms with E-state index in [4.69, 9.17) is 0 Å². The summed E-state index contributed by atoms with van der Waals surface area (Å²) in [5, 5.41) is 0. The number of rotatable bonds is 8. The predicted octanol–water partition coefficient (Wildman–Crippen LogP) is 6.35. The summed E-state index contributed by atoms with van der Waals surface area (Å²) < 4.78 is 14.0. The molecule has 1 saturated carbocycles. The molecule has 2 aliphatic heterocycles. The van der Waals surface area contributed by atoms with E-state index in [1.54, 1.807) is 12.1 Å². The average molecular weight is 582 g/mol. The molecule has 1 aliphatic carbocycles. The van der Waals surface area contributed by atoms with E-state index < -0.39 is 10.8 Å². The molecule has 226 valence electrons.